The third-order valence-electron chi connectivity index (χ3n) is 3.58. The highest BCUT2D eigenvalue weighted by Crippen LogP contribution is 2.36. The zero-order valence-corrected chi connectivity index (χ0v) is 9.43. The molecule has 2 aliphatic heterocycles. The van der Waals surface area contributed by atoms with Crippen molar-refractivity contribution in [3.63, 3.8) is 0 Å². The summed E-state index contributed by atoms with van der Waals surface area (Å²) in [5.74, 6) is 0. The van der Waals surface area contributed by atoms with Crippen LogP contribution in [0.1, 0.15) is 31.4 Å². The van der Waals surface area contributed by atoms with Gasteiger partial charge >= 0.3 is 0 Å². The summed E-state index contributed by atoms with van der Waals surface area (Å²) in [5, 5.41) is 7.11. The van der Waals surface area contributed by atoms with Crippen molar-refractivity contribution in [2.24, 2.45) is 0 Å². The van der Waals surface area contributed by atoms with Crippen molar-refractivity contribution in [1.82, 2.24) is 0 Å². The van der Waals surface area contributed by atoms with E-state index >= 15 is 0 Å². The van der Waals surface area contributed by atoms with E-state index in [0.717, 1.165) is 0 Å². The Morgan fingerprint density at radius 2 is 1.87 bits per heavy atom. The summed E-state index contributed by atoms with van der Waals surface area (Å²) in [5.41, 5.74) is 5.70. The van der Waals surface area contributed by atoms with E-state index in [1.807, 2.05) is 0 Å². The van der Waals surface area contributed by atoms with Crippen molar-refractivity contribution in [1.29, 1.82) is 0 Å². The van der Waals surface area contributed by atoms with Gasteiger partial charge in [-0.05, 0) is 43.4 Å². The van der Waals surface area contributed by atoms with Crippen LogP contribution in [0.3, 0.4) is 0 Å². The lowest BCUT2D eigenvalue weighted by atomic mass is 10.0. The van der Waals surface area contributed by atoms with E-state index < -0.39 is 0 Å². The average molecular weight is 202 g/mol. The Morgan fingerprint density at radius 3 is 2.67 bits per heavy atom. The molecule has 0 fully saturated rings. The Hall–Kier alpha value is -1.18. The maximum absolute atomic E-state index is 3.59. The number of anilines is 2. The molecule has 2 N–H and O–H groups in total. The van der Waals surface area contributed by atoms with Gasteiger partial charge in [-0.3, -0.25) is 0 Å². The van der Waals surface area contributed by atoms with E-state index in [-0.39, 0.29) is 0 Å². The Bertz CT molecular complexity index is 363. The number of fused-ring (bicyclic) bond motifs is 2. The van der Waals surface area contributed by atoms with Crippen molar-refractivity contribution in [2.45, 2.75) is 45.2 Å². The van der Waals surface area contributed by atoms with E-state index in [1.54, 1.807) is 0 Å². The first-order valence-electron chi connectivity index (χ1n) is 5.95. The molecule has 2 unspecified atom stereocenters. The van der Waals surface area contributed by atoms with E-state index in [1.165, 1.54) is 41.8 Å². The summed E-state index contributed by atoms with van der Waals surface area (Å²) < 4.78 is 0. The zero-order chi connectivity index (χ0) is 10.4. The van der Waals surface area contributed by atoms with Gasteiger partial charge in [-0.2, -0.15) is 0 Å². The second kappa shape index (κ2) is 3.16. The van der Waals surface area contributed by atoms with E-state index in [9.17, 15) is 0 Å². The molecule has 3 rings (SSSR count). The van der Waals surface area contributed by atoms with Crippen LogP contribution in [0.2, 0.25) is 0 Å². The molecule has 1 aromatic carbocycles. The van der Waals surface area contributed by atoms with Gasteiger partial charge < -0.3 is 10.6 Å². The van der Waals surface area contributed by atoms with Gasteiger partial charge in [0.05, 0.1) is 0 Å². The molecule has 0 radical (unpaired) electrons. The number of rotatable bonds is 1. The lowest BCUT2D eigenvalue weighted by molar-refractivity contribution is 0.723. The third kappa shape index (κ3) is 1.39. The summed E-state index contributed by atoms with van der Waals surface area (Å²) in [6.07, 6.45) is 3.59. The first kappa shape index (κ1) is 9.08. The summed E-state index contributed by atoms with van der Waals surface area (Å²) in [4.78, 5) is 0. The van der Waals surface area contributed by atoms with Crippen LogP contribution in [0.15, 0.2) is 12.1 Å². The minimum absolute atomic E-state index is 0.601. The molecule has 0 bridgehead atoms. The summed E-state index contributed by atoms with van der Waals surface area (Å²) in [6.45, 7) is 4.49. The highest BCUT2D eigenvalue weighted by Gasteiger charge is 2.24. The number of benzene rings is 1. The molecule has 2 nitrogen and oxygen atoms in total. The lowest BCUT2D eigenvalue weighted by Gasteiger charge is -2.07. The van der Waals surface area contributed by atoms with Crippen molar-refractivity contribution in [2.75, 3.05) is 10.6 Å². The minimum Gasteiger partial charge on any atom is -0.382 e. The number of hydrogen-bond donors (Lipinski definition) is 2. The molecule has 2 aliphatic rings. The highest BCUT2D eigenvalue weighted by atomic mass is 15.0. The molecule has 0 aliphatic carbocycles. The molecular formula is C13H18N2. The normalized spacial score (nSPS) is 26.8. The van der Waals surface area contributed by atoms with Crippen LogP contribution >= 0.6 is 0 Å². The van der Waals surface area contributed by atoms with Crippen LogP contribution in [0.5, 0.6) is 0 Å². The van der Waals surface area contributed by atoms with Crippen molar-refractivity contribution in [3.05, 3.63) is 23.3 Å². The van der Waals surface area contributed by atoms with E-state index in [2.05, 4.69) is 36.6 Å². The van der Waals surface area contributed by atoms with Gasteiger partial charge in [0.15, 0.2) is 0 Å². The molecule has 0 amide bonds. The standard InChI is InChI=1S/C13H18N2/c1-3-11-6-10-5-9-4-8(2)14-12(9)7-13(10)15-11/h5,7-8,11,14-15H,3-4,6H2,1-2H3. The quantitative estimate of drug-likeness (QED) is 0.731. The minimum atomic E-state index is 0.601. The Labute approximate surface area is 91.1 Å². The van der Waals surface area contributed by atoms with Gasteiger partial charge in [-0.1, -0.05) is 13.0 Å². The predicted octanol–water partition coefficient (Wildman–Crippen LogP) is 2.79. The highest BCUT2D eigenvalue weighted by molar-refractivity contribution is 5.70. The number of nitrogens with one attached hydrogen (secondary N) is 2. The molecule has 0 saturated carbocycles. The topological polar surface area (TPSA) is 24.1 Å². The SMILES string of the molecule is CCC1Cc2cc3c(cc2N1)NC(C)C3. The maximum Gasteiger partial charge on any atom is 0.0396 e. The van der Waals surface area contributed by atoms with Gasteiger partial charge in [-0.15, -0.1) is 0 Å². The summed E-state index contributed by atoms with van der Waals surface area (Å²) in [6, 6.07) is 5.94. The number of hydrogen-bond acceptors (Lipinski definition) is 2. The first-order chi connectivity index (χ1) is 7.26. The van der Waals surface area contributed by atoms with Crippen LogP contribution in [0, 0.1) is 0 Å². The van der Waals surface area contributed by atoms with Crippen LogP contribution in [0.4, 0.5) is 11.4 Å². The monoisotopic (exact) mass is 202 g/mol. The second-order valence-corrected chi connectivity index (χ2v) is 4.87. The molecule has 80 valence electrons. The van der Waals surface area contributed by atoms with Crippen LogP contribution < -0.4 is 10.6 Å². The fourth-order valence-corrected chi connectivity index (χ4v) is 2.73. The predicted molar refractivity (Wildman–Crippen MR) is 64.6 cm³/mol. The van der Waals surface area contributed by atoms with Gasteiger partial charge in [0, 0.05) is 23.5 Å². The van der Waals surface area contributed by atoms with Gasteiger partial charge in [0.25, 0.3) is 0 Å². The maximum atomic E-state index is 3.59. The smallest absolute Gasteiger partial charge is 0.0396 e. The van der Waals surface area contributed by atoms with Crippen LogP contribution in [-0.2, 0) is 12.8 Å². The third-order valence-corrected chi connectivity index (χ3v) is 3.58. The van der Waals surface area contributed by atoms with Gasteiger partial charge in [0.1, 0.15) is 0 Å². The molecular weight excluding hydrogens is 184 g/mol. The van der Waals surface area contributed by atoms with E-state index in [4.69, 9.17) is 0 Å². The van der Waals surface area contributed by atoms with E-state index in [0.29, 0.717) is 12.1 Å². The molecule has 2 heterocycles. The molecule has 2 heteroatoms. The molecule has 15 heavy (non-hydrogen) atoms. The Balaban J connectivity index is 1.96. The van der Waals surface area contributed by atoms with Gasteiger partial charge in [-0.25, -0.2) is 0 Å². The van der Waals surface area contributed by atoms with Crippen LogP contribution in [0.25, 0.3) is 0 Å². The van der Waals surface area contributed by atoms with Gasteiger partial charge in [0.2, 0.25) is 0 Å². The summed E-state index contributed by atoms with van der Waals surface area (Å²) in [7, 11) is 0. The lowest BCUT2D eigenvalue weighted by Crippen LogP contribution is -2.13. The molecule has 2 atom stereocenters. The van der Waals surface area contributed by atoms with Crippen molar-refractivity contribution < 1.29 is 0 Å². The second-order valence-electron chi connectivity index (χ2n) is 4.87. The van der Waals surface area contributed by atoms with Crippen LogP contribution in [-0.4, -0.2) is 12.1 Å². The van der Waals surface area contributed by atoms with Crippen molar-refractivity contribution in [3.8, 4) is 0 Å². The Morgan fingerprint density at radius 1 is 1.13 bits per heavy atom. The molecule has 0 spiro atoms. The Kier molecular flexibility index (Phi) is 1.91. The average Bonchev–Trinajstić information content (AvgIpc) is 2.74. The largest absolute Gasteiger partial charge is 0.382 e. The zero-order valence-electron chi connectivity index (χ0n) is 9.43. The summed E-state index contributed by atoms with van der Waals surface area (Å²) >= 11 is 0. The van der Waals surface area contributed by atoms with Crippen molar-refractivity contribution >= 4 is 11.4 Å². The molecule has 1 aromatic rings. The molecule has 0 saturated heterocycles. The fourth-order valence-electron chi connectivity index (χ4n) is 2.73. The first-order valence-corrected chi connectivity index (χ1v) is 5.95. The fraction of sp³-hybridized carbons (Fsp3) is 0.538. The molecule has 0 aromatic heterocycles.